The minimum absolute atomic E-state index is 0.0286. The van der Waals surface area contributed by atoms with Crippen molar-refractivity contribution < 1.29 is 4.79 Å². The Morgan fingerprint density at radius 1 is 1.18 bits per heavy atom. The lowest BCUT2D eigenvalue weighted by molar-refractivity contribution is -0.147. The van der Waals surface area contributed by atoms with Crippen molar-refractivity contribution in [2.24, 2.45) is 29.1 Å². The largest absolute Gasteiger partial charge is 0.348 e. The van der Waals surface area contributed by atoms with E-state index in [1.807, 2.05) is 0 Å². The van der Waals surface area contributed by atoms with Gasteiger partial charge >= 0.3 is 0 Å². The third-order valence-electron chi connectivity index (χ3n) is 6.32. The van der Waals surface area contributed by atoms with Gasteiger partial charge in [0.15, 0.2) is 0 Å². The van der Waals surface area contributed by atoms with Crippen molar-refractivity contribution in [1.82, 2.24) is 5.32 Å². The third-order valence-corrected chi connectivity index (χ3v) is 7.28. The normalized spacial score (nSPS) is 37.5. The quantitative estimate of drug-likeness (QED) is 0.851. The van der Waals surface area contributed by atoms with Gasteiger partial charge < -0.3 is 5.32 Å². The molecular formula is C19H27NOS. The second-order valence-electron chi connectivity index (χ2n) is 8.41. The fourth-order valence-electron chi connectivity index (χ4n) is 5.72. The number of carbonyl (C=O) groups excluding carboxylic acids is 1. The molecule has 1 N–H and O–H groups in total. The van der Waals surface area contributed by atoms with Crippen LogP contribution in [0, 0.1) is 29.1 Å². The highest BCUT2D eigenvalue weighted by Crippen LogP contribution is 2.60. The minimum Gasteiger partial charge on any atom is -0.348 e. The monoisotopic (exact) mass is 317 g/mol. The number of thiophene rings is 1. The second-order valence-corrected chi connectivity index (χ2v) is 9.39. The molecule has 1 aromatic rings. The van der Waals surface area contributed by atoms with Crippen LogP contribution in [-0.4, -0.2) is 5.91 Å². The first-order valence-electron chi connectivity index (χ1n) is 8.90. The van der Waals surface area contributed by atoms with Crippen molar-refractivity contribution in [2.45, 2.75) is 58.4 Å². The summed E-state index contributed by atoms with van der Waals surface area (Å²) in [6.45, 7) is 4.43. The molecule has 120 valence electrons. The van der Waals surface area contributed by atoms with Gasteiger partial charge in [0, 0.05) is 10.3 Å². The van der Waals surface area contributed by atoms with E-state index in [0.717, 1.165) is 37.0 Å². The highest BCUT2D eigenvalue weighted by molar-refractivity contribution is 7.10. The maximum Gasteiger partial charge on any atom is 0.226 e. The molecule has 1 aromatic heterocycles. The van der Waals surface area contributed by atoms with E-state index in [4.69, 9.17) is 0 Å². The number of carbonyl (C=O) groups is 1. The zero-order valence-corrected chi connectivity index (χ0v) is 14.5. The summed E-state index contributed by atoms with van der Waals surface area (Å²) in [5.74, 6) is 3.29. The molecule has 1 heterocycles. The standard InChI is InChI=1S/C19H27NOS/c1-12(2)17(16-4-3-5-22-16)20-18(21)19-9-13-6-14(10-19)8-15(7-13)11-19/h3-5,12-15,17H,6-11H2,1-2H3,(H,20,21). The SMILES string of the molecule is CC(C)C(NC(=O)C12CC3CC(CC(C3)C1)C2)c1cccs1. The predicted octanol–water partition coefficient (Wildman–Crippen LogP) is 4.78. The van der Waals surface area contributed by atoms with Crippen molar-refractivity contribution in [3.63, 3.8) is 0 Å². The van der Waals surface area contributed by atoms with Gasteiger partial charge in [-0.2, -0.15) is 0 Å². The van der Waals surface area contributed by atoms with E-state index < -0.39 is 0 Å². The fourth-order valence-corrected chi connectivity index (χ4v) is 6.67. The molecule has 3 heteroatoms. The molecule has 0 aliphatic heterocycles. The molecule has 0 radical (unpaired) electrons. The van der Waals surface area contributed by atoms with Crippen molar-refractivity contribution in [3.8, 4) is 0 Å². The van der Waals surface area contributed by atoms with Gasteiger partial charge in [0.2, 0.25) is 5.91 Å². The van der Waals surface area contributed by atoms with Crippen molar-refractivity contribution in [1.29, 1.82) is 0 Å². The van der Waals surface area contributed by atoms with Gasteiger partial charge in [-0.25, -0.2) is 0 Å². The molecule has 0 aromatic carbocycles. The Hall–Kier alpha value is -0.830. The van der Waals surface area contributed by atoms with E-state index in [1.165, 1.54) is 24.1 Å². The van der Waals surface area contributed by atoms with Crippen molar-refractivity contribution >= 4 is 17.2 Å². The molecule has 22 heavy (non-hydrogen) atoms. The van der Waals surface area contributed by atoms with Crippen LogP contribution in [0.1, 0.15) is 63.3 Å². The maximum absolute atomic E-state index is 13.2. The molecule has 4 fully saturated rings. The Balaban J connectivity index is 1.54. The van der Waals surface area contributed by atoms with Crippen molar-refractivity contribution in [2.75, 3.05) is 0 Å². The smallest absolute Gasteiger partial charge is 0.226 e. The van der Waals surface area contributed by atoms with Gasteiger partial charge in [0.05, 0.1) is 6.04 Å². The van der Waals surface area contributed by atoms with Crippen LogP contribution in [0.4, 0.5) is 0 Å². The summed E-state index contributed by atoms with van der Waals surface area (Å²) in [7, 11) is 0. The van der Waals surface area contributed by atoms with Crippen LogP contribution in [0.15, 0.2) is 17.5 Å². The van der Waals surface area contributed by atoms with Crippen LogP contribution in [0.5, 0.6) is 0 Å². The third kappa shape index (κ3) is 2.42. The van der Waals surface area contributed by atoms with Gasteiger partial charge in [-0.1, -0.05) is 19.9 Å². The van der Waals surface area contributed by atoms with Crippen molar-refractivity contribution in [3.05, 3.63) is 22.4 Å². The fraction of sp³-hybridized carbons (Fsp3) is 0.737. The number of rotatable bonds is 4. The molecule has 0 saturated heterocycles. The first-order chi connectivity index (χ1) is 10.6. The molecule has 1 unspecified atom stereocenters. The van der Waals surface area contributed by atoms with E-state index >= 15 is 0 Å². The highest BCUT2D eigenvalue weighted by Gasteiger charge is 2.54. The molecule has 1 amide bonds. The van der Waals surface area contributed by atoms with E-state index in [9.17, 15) is 4.79 Å². The molecular weight excluding hydrogens is 290 g/mol. The van der Waals surface area contributed by atoms with E-state index in [2.05, 4.69) is 36.7 Å². The lowest BCUT2D eigenvalue weighted by Gasteiger charge is -2.56. The molecule has 4 aliphatic carbocycles. The molecule has 2 nitrogen and oxygen atoms in total. The molecule has 0 spiro atoms. The van der Waals surface area contributed by atoms with E-state index in [1.54, 1.807) is 11.3 Å². The average Bonchev–Trinajstić information content (AvgIpc) is 2.96. The summed E-state index contributed by atoms with van der Waals surface area (Å²) in [6, 6.07) is 4.43. The summed E-state index contributed by atoms with van der Waals surface area (Å²) in [5, 5.41) is 5.56. The van der Waals surface area contributed by atoms with E-state index in [0.29, 0.717) is 11.8 Å². The van der Waals surface area contributed by atoms with Gasteiger partial charge in [0.25, 0.3) is 0 Å². The zero-order chi connectivity index (χ0) is 15.3. The first-order valence-corrected chi connectivity index (χ1v) is 9.78. The lowest BCUT2D eigenvalue weighted by Crippen LogP contribution is -2.54. The van der Waals surface area contributed by atoms with E-state index in [-0.39, 0.29) is 11.5 Å². The van der Waals surface area contributed by atoms with Gasteiger partial charge in [-0.3, -0.25) is 4.79 Å². The molecule has 5 rings (SSSR count). The molecule has 4 saturated carbocycles. The summed E-state index contributed by atoms with van der Waals surface area (Å²) in [6.07, 6.45) is 7.64. The number of amides is 1. The Labute approximate surface area is 137 Å². The van der Waals surface area contributed by atoms with Crippen LogP contribution in [0.25, 0.3) is 0 Å². The minimum atomic E-state index is -0.0286. The topological polar surface area (TPSA) is 29.1 Å². The Bertz CT molecular complexity index is 513. The number of hydrogen-bond acceptors (Lipinski definition) is 2. The summed E-state index contributed by atoms with van der Waals surface area (Å²) >= 11 is 1.76. The van der Waals surface area contributed by atoms with Crippen LogP contribution in [0.2, 0.25) is 0 Å². The maximum atomic E-state index is 13.2. The Morgan fingerprint density at radius 3 is 2.23 bits per heavy atom. The predicted molar refractivity (Wildman–Crippen MR) is 90.6 cm³/mol. The Morgan fingerprint density at radius 2 is 1.77 bits per heavy atom. The van der Waals surface area contributed by atoms with Crippen LogP contribution < -0.4 is 5.32 Å². The van der Waals surface area contributed by atoms with Crippen LogP contribution >= 0.6 is 11.3 Å². The molecule has 1 atom stereocenters. The number of nitrogens with one attached hydrogen (secondary N) is 1. The first kappa shape index (κ1) is 14.7. The summed E-state index contributed by atoms with van der Waals surface area (Å²) < 4.78 is 0. The zero-order valence-electron chi connectivity index (χ0n) is 13.7. The Kier molecular flexibility index (Phi) is 3.60. The van der Waals surface area contributed by atoms with Crippen LogP contribution in [-0.2, 0) is 4.79 Å². The average molecular weight is 317 g/mol. The van der Waals surface area contributed by atoms with Gasteiger partial charge in [0.1, 0.15) is 0 Å². The van der Waals surface area contributed by atoms with Gasteiger partial charge in [-0.05, 0) is 73.6 Å². The highest BCUT2D eigenvalue weighted by atomic mass is 32.1. The molecule has 4 bridgehead atoms. The number of hydrogen-bond donors (Lipinski definition) is 1. The molecule has 4 aliphatic rings. The lowest BCUT2D eigenvalue weighted by atomic mass is 9.49. The summed E-state index contributed by atoms with van der Waals surface area (Å²) in [5.41, 5.74) is -0.0286. The van der Waals surface area contributed by atoms with Gasteiger partial charge in [-0.15, -0.1) is 11.3 Å². The van der Waals surface area contributed by atoms with Crippen LogP contribution in [0.3, 0.4) is 0 Å². The summed E-state index contributed by atoms with van der Waals surface area (Å²) in [4.78, 5) is 14.5. The second kappa shape index (κ2) is 5.36.